The Kier molecular flexibility index (Phi) is 9.24. The largest absolute Gasteiger partial charge is 0.458 e. The Morgan fingerprint density at radius 3 is 2.40 bits per heavy atom. The molecule has 0 heterocycles. The van der Waals surface area contributed by atoms with Crippen LogP contribution < -0.4 is 0 Å². The molecule has 0 amide bonds. The Morgan fingerprint density at radius 2 is 1.87 bits per heavy atom. The van der Waals surface area contributed by atoms with E-state index in [9.17, 15) is 4.79 Å². The van der Waals surface area contributed by atoms with Crippen molar-refractivity contribution in [3.63, 3.8) is 0 Å². The van der Waals surface area contributed by atoms with E-state index in [-0.39, 0.29) is 12.1 Å². The molecule has 0 aliphatic rings. The normalized spacial score (nSPS) is 12.1. The summed E-state index contributed by atoms with van der Waals surface area (Å²) in [6, 6.07) is 0. The zero-order valence-corrected chi connectivity index (χ0v) is 10.1. The van der Waals surface area contributed by atoms with Gasteiger partial charge in [0.05, 0.1) is 0 Å². The van der Waals surface area contributed by atoms with Crippen LogP contribution in [0.5, 0.6) is 0 Å². The lowest BCUT2D eigenvalue weighted by atomic mass is 10.1. The highest BCUT2D eigenvalue weighted by atomic mass is 16.5. The van der Waals surface area contributed by atoms with Crippen molar-refractivity contribution in [1.82, 2.24) is 0 Å². The topological polar surface area (TPSA) is 26.3 Å². The highest BCUT2D eigenvalue weighted by Gasteiger charge is 2.06. The van der Waals surface area contributed by atoms with Gasteiger partial charge in [-0.25, -0.2) is 0 Å². The van der Waals surface area contributed by atoms with Crippen molar-refractivity contribution in [2.45, 2.75) is 64.9 Å². The van der Waals surface area contributed by atoms with Crippen LogP contribution in [0.1, 0.15) is 58.8 Å². The molecule has 0 aromatic rings. The quantitative estimate of drug-likeness (QED) is 0.329. The Hall–Kier alpha value is -0.790. The standard InChI is InChI=1S/C13H24O2/c1-4-6-7-8-9-10-11-13(5-2)15-12(3)14/h5,13H,2,4,6-11H2,1,3H3/t13-/m1/s1. The maximum atomic E-state index is 10.7. The number of hydrogen-bond acceptors (Lipinski definition) is 2. The Morgan fingerprint density at radius 1 is 1.27 bits per heavy atom. The van der Waals surface area contributed by atoms with Gasteiger partial charge in [0.1, 0.15) is 6.10 Å². The molecule has 0 saturated heterocycles. The van der Waals surface area contributed by atoms with E-state index in [1.165, 1.54) is 39.0 Å². The van der Waals surface area contributed by atoms with Crippen LogP contribution in [-0.4, -0.2) is 12.1 Å². The summed E-state index contributed by atoms with van der Waals surface area (Å²) in [6.45, 7) is 7.32. The van der Waals surface area contributed by atoms with Gasteiger partial charge in [-0.2, -0.15) is 0 Å². The van der Waals surface area contributed by atoms with Crippen molar-refractivity contribution < 1.29 is 9.53 Å². The van der Waals surface area contributed by atoms with Crippen LogP contribution in [0.25, 0.3) is 0 Å². The highest BCUT2D eigenvalue weighted by molar-refractivity contribution is 5.66. The third-order valence-electron chi connectivity index (χ3n) is 2.42. The van der Waals surface area contributed by atoms with Crippen LogP contribution in [0, 0.1) is 0 Å². The summed E-state index contributed by atoms with van der Waals surface area (Å²) in [5, 5.41) is 0. The van der Waals surface area contributed by atoms with E-state index in [0.29, 0.717) is 0 Å². The summed E-state index contributed by atoms with van der Waals surface area (Å²) < 4.78 is 5.07. The van der Waals surface area contributed by atoms with Crippen LogP contribution in [0.2, 0.25) is 0 Å². The average Bonchev–Trinajstić information content (AvgIpc) is 2.20. The molecule has 0 rings (SSSR count). The number of ether oxygens (including phenoxy) is 1. The lowest BCUT2D eigenvalue weighted by Gasteiger charge is -2.12. The van der Waals surface area contributed by atoms with Crippen molar-refractivity contribution in [3.8, 4) is 0 Å². The van der Waals surface area contributed by atoms with Gasteiger partial charge in [0.2, 0.25) is 0 Å². The molecule has 0 aliphatic heterocycles. The van der Waals surface area contributed by atoms with E-state index in [0.717, 1.165) is 12.8 Å². The molecule has 0 unspecified atom stereocenters. The fourth-order valence-corrected chi connectivity index (χ4v) is 1.56. The van der Waals surface area contributed by atoms with E-state index in [4.69, 9.17) is 4.74 Å². The molecule has 0 fully saturated rings. The Bertz CT molecular complexity index is 175. The molecule has 2 heteroatoms. The molecule has 15 heavy (non-hydrogen) atoms. The number of unbranched alkanes of at least 4 members (excludes halogenated alkanes) is 5. The first-order valence-corrected chi connectivity index (χ1v) is 6.00. The zero-order valence-electron chi connectivity index (χ0n) is 10.1. The van der Waals surface area contributed by atoms with E-state index in [1.807, 2.05) is 0 Å². The van der Waals surface area contributed by atoms with Gasteiger partial charge in [0.15, 0.2) is 0 Å². The molecule has 1 atom stereocenters. The molecule has 88 valence electrons. The molecule has 0 saturated carbocycles. The molecule has 0 N–H and O–H groups in total. The van der Waals surface area contributed by atoms with Gasteiger partial charge in [0, 0.05) is 6.92 Å². The molecule has 0 aromatic carbocycles. The first kappa shape index (κ1) is 14.2. The summed E-state index contributed by atoms with van der Waals surface area (Å²) in [7, 11) is 0. The summed E-state index contributed by atoms with van der Waals surface area (Å²) in [5.74, 6) is -0.217. The Balaban J connectivity index is 3.38. The fourth-order valence-electron chi connectivity index (χ4n) is 1.56. The predicted octanol–water partition coefficient (Wildman–Crippen LogP) is 3.85. The number of hydrogen-bond donors (Lipinski definition) is 0. The van der Waals surface area contributed by atoms with Crippen LogP contribution in [0.4, 0.5) is 0 Å². The van der Waals surface area contributed by atoms with Crippen molar-refractivity contribution >= 4 is 5.97 Å². The maximum Gasteiger partial charge on any atom is 0.303 e. The summed E-state index contributed by atoms with van der Waals surface area (Å²) in [4.78, 5) is 10.7. The van der Waals surface area contributed by atoms with Gasteiger partial charge < -0.3 is 4.74 Å². The van der Waals surface area contributed by atoms with Crippen molar-refractivity contribution in [2.75, 3.05) is 0 Å². The number of carbonyl (C=O) groups is 1. The average molecular weight is 212 g/mol. The minimum Gasteiger partial charge on any atom is -0.458 e. The minimum atomic E-state index is -0.217. The van der Waals surface area contributed by atoms with E-state index in [2.05, 4.69) is 13.5 Å². The zero-order chi connectivity index (χ0) is 11.5. The number of esters is 1. The first-order valence-electron chi connectivity index (χ1n) is 6.00. The molecule has 0 radical (unpaired) electrons. The summed E-state index contributed by atoms with van der Waals surface area (Å²) in [6.07, 6.45) is 10.1. The Labute approximate surface area is 93.7 Å². The van der Waals surface area contributed by atoms with Gasteiger partial charge in [-0.3, -0.25) is 4.79 Å². The molecule has 0 aliphatic carbocycles. The minimum absolute atomic E-state index is 0.0892. The first-order chi connectivity index (χ1) is 7.20. The predicted molar refractivity (Wildman–Crippen MR) is 63.7 cm³/mol. The number of rotatable bonds is 9. The summed E-state index contributed by atoms with van der Waals surface area (Å²) >= 11 is 0. The van der Waals surface area contributed by atoms with Gasteiger partial charge in [0.25, 0.3) is 0 Å². The lowest BCUT2D eigenvalue weighted by Crippen LogP contribution is -2.13. The second kappa shape index (κ2) is 9.75. The van der Waals surface area contributed by atoms with Gasteiger partial charge >= 0.3 is 5.97 Å². The van der Waals surface area contributed by atoms with Crippen molar-refractivity contribution in [2.24, 2.45) is 0 Å². The fraction of sp³-hybridized carbons (Fsp3) is 0.769. The molecule has 0 bridgehead atoms. The smallest absolute Gasteiger partial charge is 0.303 e. The molecular formula is C13H24O2. The third-order valence-corrected chi connectivity index (χ3v) is 2.42. The SMILES string of the molecule is C=C[C@H](CCCCCCCC)OC(C)=O. The lowest BCUT2D eigenvalue weighted by molar-refractivity contribution is -0.144. The summed E-state index contributed by atoms with van der Waals surface area (Å²) in [5.41, 5.74) is 0. The van der Waals surface area contributed by atoms with Gasteiger partial charge in [-0.05, 0) is 12.8 Å². The van der Waals surface area contributed by atoms with Crippen LogP contribution in [0.15, 0.2) is 12.7 Å². The van der Waals surface area contributed by atoms with Crippen molar-refractivity contribution in [3.05, 3.63) is 12.7 Å². The number of carbonyl (C=O) groups excluding carboxylic acids is 1. The van der Waals surface area contributed by atoms with E-state index < -0.39 is 0 Å². The van der Waals surface area contributed by atoms with E-state index in [1.54, 1.807) is 6.08 Å². The monoisotopic (exact) mass is 212 g/mol. The molecule has 0 aromatic heterocycles. The van der Waals surface area contributed by atoms with Crippen LogP contribution in [0.3, 0.4) is 0 Å². The van der Waals surface area contributed by atoms with Gasteiger partial charge in [-0.1, -0.05) is 51.7 Å². The molecule has 2 nitrogen and oxygen atoms in total. The van der Waals surface area contributed by atoms with Crippen LogP contribution >= 0.6 is 0 Å². The van der Waals surface area contributed by atoms with Gasteiger partial charge in [-0.15, -0.1) is 0 Å². The molecule has 0 spiro atoms. The second-order valence-electron chi connectivity index (χ2n) is 3.94. The highest BCUT2D eigenvalue weighted by Crippen LogP contribution is 2.11. The maximum absolute atomic E-state index is 10.7. The van der Waals surface area contributed by atoms with E-state index >= 15 is 0 Å². The third kappa shape index (κ3) is 9.51. The molecular weight excluding hydrogens is 188 g/mol. The van der Waals surface area contributed by atoms with Crippen molar-refractivity contribution in [1.29, 1.82) is 0 Å². The second-order valence-corrected chi connectivity index (χ2v) is 3.94. The van der Waals surface area contributed by atoms with Crippen LogP contribution in [-0.2, 0) is 9.53 Å².